The normalized spacial score (nSPS) is 40.2. The van der Waals surface area contributed by atoms with Crippen LogP contribution in [0.2, 0.25) is 0 Å². The topological polar surface area (TPSA) is 89.9 Å². The van der Waals surface area contributed by atoms with Crippen molar-refractivity contribution in [3.05, 3.63) is 34.9 Å². The van der Waals surface area contributed by atoms with Crippen LogP contribution in [0.3, 0.4) is 0 Å². The molecule has 6 nitrogen and oxygen atoms in total. The van der Waals surface area contributed by atoms with Crippen LogP contribution < -0.4 is 0 Å². The molecule has 33 heavy (non-hydrogen) atoms. The number of ketones is 2. The Hall–Kier alpha value is -2.05. The van der Waals surface area contributed by atoms with E-state index in [9.17, 15) is 19.5 Å². The van der Waals surface area contributed by atoms with Crippen LogP contribution in [0.5, 0.6) is 0 Å². The van der Waals surface area contributed by atoms with Crippen molar-refractivity contribution in [3.63, 3.8) is 0 Å². The molecule has 0 spiro atoms. The van der Waals surface area contributed by atoms with E-state index in [2.05, 4.69) is 20.8 Å². The molecule has 1 aliphatic heterocycles. The number of Topliss-reactive ketones (excluding diaryl/α,β-unsaturated/α-hetero) is 1. The molecule has 1 heterocycles. The molecule has 1 fully saturated rings. The number of carbonyl (C=O) groups excluding carboxylic acids is 3. The van der Waals surface area contributed by atoms with E-state index in [4.69, 9.17) is 9.47 Å². The van der Waals surface area contributed by atoms with E-state index in [1.807, 2.05) is 12.2 Å². The van der Waals surface area contributed by atoms with Gasteiger partial charge >= 0.3 is 5.97 Å². The molecule has 4 aliphatic rings. The molecule has 0 unspecified atom stereocenters. The van der Waals surface area contributed by atoms with Crippen LogP contribution in [0.1, 0.15) is 67.2 Å². The number of esters is 1. The maximum absolute atomic E-state index is 13.2. The van der Waals surface area contributed by atoms with Crippen LogP contribution in [-0.4, -0.2) is 47.1 Å². The highest BCUT2D eigenvalue weighted by atomic mass is 16.5. The lowest BCUT2D eigenvalue weighted by atomic mass is 9.49. The van der Waals surface area contributed by atoms with Gasteiger partial charge in [-0.3, -0.25) is 14.4 Å². The van der Waals surface area contributed by atoms with Gasteiger partial charge in [-0.15, -0.1) is 0 Å². The first kappa shape index (κ1) is 24.1. The summed E-state index contributed by atoms with van der Waals surface area (Å²) in [4.78, 5) is 37.2. The molecule has 0 aromatic carbocycles. The minimum Gasteiger partial charge on any atom is -0.461 e. The second kappa shape index (κ2) is 8.02. The van der Waals surface area contributed by atoms with E-state index < -0.39 is 29.0 Å². The van der Waals surface area contributed by atoms with Crippen molar-refractivity contribution in [2.75, 3.05) is 6.61 Å². The molecule has 6 heteroatoms. The number of ether oxygens (including phenoxy) is 2. The van der Waals surface area contributed by atoms with Crippen LogP contribution in [0.25, 0.3) is 0 Å². The van der Waals surface area contributed by atoms with Gasteiger partial charge in [0.1, 0.15) is 12.2 Å². The third-order valence-electron chi connectivity index (χ3n) is 8.50. The first-order valence-corrected chi connectivity index (χ1v) is 12.0. The first-order chi connectivity index (χ1) is 15.3. The van der Waals surface area contributed by atoms with Gasteiger partial charge in [-0.25, -0.2) is 0 Å². The molecule has 0 aromatic rings. The first-order valence-electron chi connectivity index (χ1n) is 12.0. The molecule has 0 saturated heterocycles. The van der Waals surface area contributed by atoms with Crippen molar-refractivity contribution in [1.82, 2.24) is 0 Å². The van der Waals surface area contributed by atoms with E-state index in [-0.39, 0.29) is 35.6 Å². The third-order valence-corrected chi connectivity index (χ3v) is 8.50. The summed E-state index contributed by atoms with van der Waals surface area (Å²) in [7, 11) is 0. The van der Waals surface area contributed by atoms with Crippen molar-refractivity contribution in [1.29, 1.82) is 0 Å². The number of hydrogen-bond donors (Lipinski definition) is 1. The zero-order valence-electron chi connectivity index (χ0n) is 20.6. The molecule has 3 aliphatic carbocycles. The predicted molar refractivity (Wildman–Crippen MR) is 123 cm³/mol. The summed E-state index contributed by atoms with van der Waals surface area (Å²) in [6.45, 7) is 11.3. The van der Waals surface area contributed by atoms with Crippen molar-refractivity contribution < 1.29 is 29.0 Å². The number of allylic oxidation sites excluding steroid dienone is 2. The van der Waals surface area contributed by atoms with Gasteiger partial charge in [0.2, 0.25) is 0 Å². The summed E-state index contributed by atoms with van der Waals surface area (Å²) >= 11 is 0. The second-order valence-corrected chi connectivity index (χ2v) is 11.4. The Balaban J connectivity index is 1.81. The Bertz CT molecular complexity index is 981. The van der Waals surface area contributed by atoms with Gasteiger partial charge in [0.25, 0.3) is 0 Å². The van der Waals surface area contributed by atoms with Crippen molar-refractivity contribution in [2.24, 2.45) is 22.7 Å². The molecule has 1 N–H and O–H groups in total. The van der Waals surface area contributed by atoms with Crippen LogP contribution in [0, 0.1) is 22.7 Å². The van der Waals surface area contributed by atoms with E-state index in [0.717, 1.165) is 30.4 Å². The fraction of sp³-hybridized carbons (Fsp3) is 0.667. The highest BCUT2D eigenvalue weighted by Gasteiger charge is 2.60. The molecular formula is C27H36O6. The summed E-state index contributed by atoms with van der Waals surface area (Å²) in [5.41, 5.74) is 0.377. The molecule has 0 aromatic heterocycles. The number of hydrogen-bond acceptors (Lipinski definition) is 6. The molecule has 180 valence electrons. The molecule has 4 rings (SSSR count). The van der Waals surface area contributed by atoms with Crippen LogP contribution in [-0.2, 0) is 23.9 Å². The van der Waals surface area contributed by atoms with Gasteiger partial charge in [-0.05, 0) is 60.8 Å². The Kier molecular flexibility index (Phi) is 5.85. The minimum absolute atomic E-state index is 0.0538. The molecule has 1 saturated carbocycles. The predicted octanol–water partition coefficient (Wildman–Crippen LogP) is 3.87. The summed E-state index contributed by atoms with van der Waals surface area (Å²) in [6.07, 6.45) is 7.63. The third kappa shape index (κ3) is 3.95. The second-order valence-electron chi connectivity index (χ2n) is 11.4. The van der Waals surface area contributed by atoms with E-state index in [1.165, 1.54) is 6.92 Å². The molecule has 6 atom stereocenters. The quantitative estimate of drug-likeness (QED) is 0.512. The summed E-state index contributed by atoms with van der Waals surface area (Å²) in [6, 6.07) is 0. The maximum atomic E-state index is 13.2. The Labute approximate surface area is 196 Å². The van der Waals surface area contributed by atoms with Crippen molar-refractivity contribution in [2.45, 2.75) is 85.0 Å². The molecule has 0 radical (unpaired) electrons. The molecular weight excluding hydrogens is 420 g/mol. The smallest absolute Gasteiger partial charge is 0.302 e. The summed E-state index contributed by atoms with van der Waals surface area (Å²) < 4.78 is 11.9. The fourth-order valence-corrected chi connectivity index (χ4v) is 6.84. The minimum atomic E-state index is -1.60. The lowest BCUT2D eigenvalue weighted by Gasteiger charge is -2.58. The zero-order valence-corrected chi connectivity index (χ0v) is 20.6. The van der Waals surface area contributed by atoms with E-state index in [0.29, 0.717) is 12.0 Å². The lowest BCUT2D eigenvalue weighted by molar-refractivity contribution is -0.166. The van der Waals surface area contributed by atoms with Gasteiger partial charge in [0, 0.05) is 25.2 Å². The highest BCUT2D eigenvalue weighted by molar-refractivity contribution is 5.99. The van der Waals surface area contributed by atoms with Crippen molar-refractivity contribution >= 4 is 17.5 Å². The molecule has 0 amide bonds. The van der Waals surface area contributed by atoms with Gasteiger partial charge < -0.3 is 14.6 Å². The Morgan fingerprint density at radius 1 is 1.15 bits per heavy atom. The summed E-state index contributed by atoms with van der Waals surface area (Å²) in [5, 5.41) is 11.6. The standard InChI is InChI=1S/C27H36O6/c1-15-10-20-18(12-19(15)29)17(14-32-16(2)28)11-21(33-20)24-26(5)9-7-8-25(3,4)22(26)13-23(30)27(24,6)31/h10-11,13,18,20-21,24,31H,7-9,12,14H2,1-6H3/t18-,20+,21-,24+,26+,27-/m1/s1. The van der Waals surface area contributed by atoms with Gasteiger partial charge in [0.05, 0.1) is 12.2 Å². The van der Waals surface area contributed by atoms with Crippen LogP contribution >= 0.6 is 0 Å². The average Bonchev–Trinajstić information content (AvgIpc) is 2.69. The van der Waals surface area contributed by atoms with E-state index >= 15 is 0 Å². The summed E-state index contributed by atoms with van der Waals surface area (Å²) in [5.74, 6) is -1.35. The van der Waals surface area contributed by atoms with Crippen LogP contribution in [0.15, 0.2) is 34.9 Å². The van der Waals surface area contributed by atoms with Crippen molar-refractivity contribution in [3.8, 4) is 0 Å². The molecule has 0 bridgehead atoms. The number of aliphatic hydroxyl groups is 1. The zero-order chi connectivity index (χ0) is 24.3. The van der Waals surface area contributed by atoms with Gasteiger partial charge in [0.15, 0.2) is 11.6 Å². The van der Waals surface area contributed by atoms with Crippen LogP contribution in [0.4, 0.5) is 0 Å². The maximum Gasteiger partial charge on any atom is 0.302 e. The average molecular weight is 457 g/mol. The largest absolute Gasteiger partial charge is 0.461 e. The Morgan fingerprint density at radius 2 is 1.85 bits per heavy atom. The van der Waals surface area contributed by atoms with Gasteiger partial charge in [-0.2, -0.15) is 0 Å². The highest BCUT2D eigenvalue weighted by Crippen LogP contribution is 2.60. The lowest BCUT2D eigenvalue weighted by Crippen LogP contribution is -2.61. The monoisotopic (exact) mass is 456 g/mol. The Morgan fingerprint density at radius 3 is 2.52 bits per heavy atom. The SMILES string of the molecule is CC(=O)OCC1=C[C@H]([C@H]2[C@@]3(C)CCCC(C)(C)C3=CC(=O)[C@@]2(C)O)O[C@H]2C=C(C)C(=O)C[C@H]12. The van der Waals surface area contributed by atoms with E-state index in [1.54, 1.807) is 19.9 Å². The fourth-order valence-electron chi connectivity index (χ4n) is 6.84. The number of rotatable bonds is 3. The number of fused-ring (bicyclic) bond motifs is 2. The van der Waals surface area contributed by atoms with Gasteiger partial charge in [-0.1, -0.05) is 38.8 Å². The number of carbonyl (C=O) groups is 3.